The van der Waals surface area contributed by atoms with Crippen molar-refractivity contribution < 1.29 is 12.8 Å². The van der Waals surface area contributed by atoms with Crippen LogP contribution in [0.4, 0.5) is 4.39 Å². The molecule has 0 radical (unpaired) electrons. The zero-order valence-corrected chi connectivity index (χ0v) is 17.7. The number of benzene rings is 2. The molecule has 1 fully saturated rings. The minimum absolute atomic E-state index is 0.00507. The van der Waals surface area contributed by atoms with Crippen LogP contribution in [0.25, 0.3) is 5.83 Å². The van der Waals surface area contributed by atoms with Crippen molar-refractivity contribution in [1.29, 1.82) is 0 Å². The van der Waals surface area contributed by atoms with Gasteiger partial charge in [0.05, 0.1) is 4.90 Å². The predicted octanol–water partition coefficient (Wildman–Crippen LogP) is 5.42. The third-order valence-corrected chi connectivity index (χ3v) is 7.73. The fraction of sp³-hybridized carbons (Fsp3) is 0.333. The average Bonchev–Trinajstić information content (AvgIpc) is 2.73. The Morgan fingerprint density at radius 3 is 2.24 bits per heavy atom. The van der Waals surface area contributed by atoms with Crippen LogP contribution in [0.1, 0.15) is 36.0 Å². The van der Waals surface area contributed by atoms with Crippen LogP contribution >= 0.6 is 0 Å². The summed E-state index contributed by atoms with van der Waals surface area (Å²) in [4.78, 5) is 0.257. The Balaban J connectivity index is 1.76. The number of rotatable bonds is 3. The summed E-state index contributed by atoms with van der Waals surface area (Å²) in [5.74, 6) is -0.291. The second kappa shape index (κ2) is 7.88. The predicted molar refractivity (Wildman–Crippen MR) is 115 cm³/mol. The number of piperidine rings is 1. The van der Waals surface area contributed by atoms with Crippen LogP contribution in [0.3, 0.4) is 0 Å². The van der Waals surface area contributed by atoms with Crippen LogP contribution < -0.4 is 0 Å². The third kappa shape index (κ3) is 3.94. The van der Waals surface area contributed by atoms with Crippen LogP contribution in [0.2, 0.25) is 0 Å². The standard InChI is InChI=1S/C24H26FNO2S/c1-17-7-11-19(12-8-17)24(25)23-16-26(15-20-5-3-4-6-22(20)23)29(27,28)21-13-9-18(2)10-14-21/h5,7-14,22H,3-4,6,15-16H2,1-2H3/b24-23+/t22-/m0/s1. The molecule has 29 heavy (non-hydrogen) atoms. The van der Waals surface area contributed by atoms with E-state index in [0.29, 0.717) is 17.7 Å². The smallest absolute Gasteiger partial charge is 0.207 e. The van der Waals surface area contributed by atoms with Crippen LogP contribution in [0.5, 0.6) is 0 Å². The highest BCUT2D eigenvalue weighted by Gasteiger charge is 2.37. The third-order valence-electron chi connectivity index (χ3n) is 5.92. The minimum atomic E-state index is -3.69. The molecule has 1 aliphatic heterocycles. The van der Waals surface area contributed by atoms with Gasteiger partial charge in [-0.1, -0.05) is 59.2 Å². The van der Waals surface area contributed by atoms with Crippen molar-refractivity contribution >= 4 is 15.9 Å². The molecule has 0 unspecified atom stereocenters. The van der Waals surface area contributed by atoms with E-state index in [9.17, 15) is 8.42 Å². The molecule has 0 amide bonds. The van der Waals surface area contributed by atoms with Gasteiger partial charge in [-0.15, -0.1) is 0 Å². The van der Waals surface area contributed by atoms with Gasteiger partial charge in [0.1, 0.15) is 5.83 Å². The zero-order chi connectivity index (χ0) is 20.6. The summed E-state index contributed by atoms with van der Waals surface area (Å²) < 4.78 is 43.5. The van der Waals surface area contributed by atoms with Crippen molar-refractivity contribution in [2.45, 2.75) is 38.0 Å². The molecule has 3 nitrogen and oxygen atoms in total. The second-order valence-corrected chi connectivity index (χ2v) is 9.99. The molecule has 0 spiro atoms. The van der Waals surface area contributed by atoms with E-state index >= 15 is 4.39 Å². The maximum atomic E-state index is 15.6. The van der Waals surface area contributed by atoms with Gasteiger partial charge in [0.25, 0.3) is 0 Å². The molecule has 4 rings (SSSR count). The molecular formula is C24H26FNO2S. The van der Waals surface area contributed by atoms with Gasteiger partial charge in [-0.2, -0.15) is 4.31 Å². The van der Waals surface area contributed by atoms with Crippen molar-refractivity contribution in [1.82, 2.24) is 4.31 Å². The van der Waals surface area contributed by atoms with Crippen LogP contribution in [-0.4, -0.2) is 25.8 Å². The molecule has 0 aromatic heterocycles. The molecule has 0 N–H and O–H groups in total. The number of nitrogens with zero attached hydrogens (tertiary/aromatic N) is 1. The van der Waals surface area contributed by atoms with Crippen molar-refractivity contribution in [2.75, 3.05) is 13.1 Å². The first-order valence-corrected chi connectivity index (χ1v) is 11.5. The number of allylic oxidation sites excluding steroid dienone is 1. The van der Waals surface area contributed by atoms with E-state index in [1.807, 2.05) is 26.0 Å². The lowest BCUT2D eigenvalue weighted by molar-refractivity contribution is 0.379. The largest absolute Gasteiger partial charge is 0.243 e. The van der Waals surface area contributed by atoms with Crippen molar-refractivity contribution in [3.63, 3.8) is 0 Å². The van der Waals surface area contributed by atoms with Gasteiger partial charge in [-0.05, 0) is 50.8 Å². The topological polar surface area (TPSA) is 37.4 Å². The van der Waals surface area contributed by atoms with Crippen molar-refractivity contribution in [2.24, 2.45) is 5.92 Å². The molecule has 1 saturated heterocycles. The van der Waals surface area contributed by atoms with Crippen molar-refractivity contribution in [3.8, 4) is 0 Å². The number of hydrogen-bond acceptors (Lipinski definition) is 2. The summed E-state index contributed by atoms with van der Waals surface area (Å²) in [6.07, 6.45) is 4.90. The summed E-state index contributed by atoms with van der Waals surface area (Å²) in [5, 5.41) is 0. The van der Waals surface area contributed by atoms with Gasteiger partial charge < -0.3 is 0 Å². The monoisotopic (exact) mass is 411 g/mol. The fourth-order valence-electron chi connectivity index (χ4n) is 4.21. The molecule has 5 heteroatoms. The molecule has 2 aromatic carbocycles. The lowest BCUT2D eigenvalue weighted by Gasteiger charge is -2.38. The van der Waals surface area contributed by atoms with Gasteiger partial charge in [0, 0.05) is 24.6 Å². The lowest BCUT2D eigenvalue weighted by Crippen LogP contribution is -2.42. The SMILES string of the molecule is Cc1ccc(/C(F)=C2/CN(S(=O)(=O)c3ccc(C)cc3)CC3=CCCC[C@@H]32)cc1. The van der Waals surface area contributed by atoms with Gasteiger partial charge in [-0.25, -0.2) is 12.8 Å². The minimum Gasteiger partial charge on any atom is -0.207 e. The van der Waals surface area contributed by atoms with E-state index < -0.39 is 10.0 Å². The van der Waals surface area contributed by atoms with E-state index in [1.165, 1.54) is 4.31 Å². The summed E-state index contributed by atoms with van der Waals surface area (Å²) >= 11 is 0. The quantitative estimate of drug-likeness (QED) is 0.633. The Hall–Kier alpha value is -2.24. The molecule has 1 atom stereocenters. The van der Waals surface area contributed by atoms with Crippen LogP contribution in [-0.2, 0) is 10.0 Å². The van der Waals surface area contributed by atoms with E-state index in [1.54, 1.807) is 36.4 Å². The number of fused-ring (bicyclic) bond motifs is 1. The molecule has 0 saturated carbocycles. The molecular weight excluding hydrogens is 385 g/mol. The molecule has 2 aromatic rings. The Bertz CT molecular complexity index is 1070. The van der Waals surface area contributed by atoms with E-state index in [0.717, 1.165) is 36.0 Å². The first-order valence-electron chi connectivity index (χ1n) is 10.1. The summed E-state index contributed by atoms with van der Waals surface area (Å²) in [6.45, 7) is 4.32. The van der Waals surface area contributed by atoms with E-state index in [-0.39, 0.29) is 23.2 Å². The molecule has 152 valence electrons. The van der Waals surface area contributed by atoms with Crippen molar-refractivity contribution in [3.05, 3.63) is 82.4 Å². The Labute approximate surface area is 172 Å². The Morgan fingerprint density at radius 2 is 1.59 bits per heavy atom. The molecule has 0 bridgehead atoms. The number of hydrogen-bond donors (Lipinski definition) is 0. The number of aryl methyl sites for hydroxylation is 2. The van der Waals surface area contributed by atoms with Gasteiger partial charge in [-0.3, -0.25) is 0 Å². The highest BCUT2D eigenvalue weighted by molar-refractivity contribution is 7.89. The normalized spacial score (nSPS) is 22.0. The maximum absolute atomic E-state index is 15.6. The maximum Gasteiger partial charge on any atom is 0.243 e. The Morgan fingerprint density at radius 1 is 0.966 bits per heavy atom. The summed E-state index contributed by atoms with van der Waals surface area (Å²) in [6, 6.07) is 14.2. The number of sulfonamides is 1. The molecule has 2 aliphatic rings. The highest BCUT2D eigenvalue weighted by Crippen LogP contribution is 2.41. The highest BCUT2D eigenvalue weighted by atomic mass is 32.2. The Kier molecular flexibility index (Phi) is 5.45. The zero-order valence-electron chi connectivity index (χ0n) is 16.9. The van der Waals surface area contributed by atoms with Gasteiger partial charge in [0.15, 0.2) is 0 Å². The molecule has 1 heterocycles. The number of halogens is 1. The first-order chi connectivity index (χ1) is 13.9. The summed E-state index contributed by atoms with van der Waals surface area (Å²) in [7, 11) is -3.69. The van der Waals surface area contributed by atoms with Crippen LogP contribution in [0, 0.1) is 19.8 Å². The molecule has 1 aliphatic carbocycles. The van der Waals surface area contributed by atoms with Gasteiger partial charge >= 0.3 is 0 Å². The van der Waals surface area contributed by atoms with Crippen LogP contribution in [0.15, 0.2) is 70.6 Å². The average molecular weight is 412 g/mol. The first kappa shape index (κ1) is 20.0. The fourth-order valence-corrected chi connectivity index (χ4v) is 5.61. The van der Waals surface area contributed by atoms with Gasteiger partial charge in [0.2, 0.25) is 10.0 Å². The van der Waals surface area contributed by atoms with E-state index in [4.69, 9.17) is 0 Å². The lowest BCUT2D eigenvalue weighted by atomic mass is 9.79. The summed E-state index contributed by atoms with van der Waals surface area (Å²) in [5.41, 5.74) is 4.20. The second-order valence-electron chi connectivity index (χ2n) is 8.05. The van der Waals surface area contributed by atoms with E-state index in [2.05, 4.69) is 6.08 Å².